The second-order valence-electron chi connectivity index (χ2n) is 6.49. The zero-order valence-corrected chi connectivity index (χ0v) is 22.6. The molecule has 0 saturated carbocycles. The number of rotatable bonds is 5. The van der Waals surface area contributed by atoms with Crippen LogP contribution in [0.25, 0.3) is 0 Å². The van der Waals surface area contributed by atoms with Crippen molar-refractivity contribution < 1.29 is 29.3 Å². The van der Waals surface area contributed by atoms with Gasteiger partial charge in [-0.15, -0.1) is 0 Å². The predicted molar refractivity (Wildman–Crippen MR) is 147 cm³/mol. The first-order valence-corrected chi connectivity index (χ1v) is 19.2. The Kier molecular flexibility index (Phi) is 9.09. The number of amides is 1. The van der Waals surface area contributed by atoms with Crippen LogP contribution in [0, 0.1) is 0 Å². The maximum absolute atomic E-state index is 11.2. The Hall–Kier alpha value is -2.00. The lowest BCUT2D eigenvalue weighted by Gasteiger charge is -2.40. The molecule has 178 valence electrons. The fourth-order valence-corrected chi connectivity index (χ4v) is 44.9. The largest absolute Gasteiger partial charge is 0.508 e. The Bertz CT molecular complexity index is 1260. The molecule has 1 heterocycles. The van der Waals surface area contributed by atoms with E-state index < -0.39 is 15.0 Å². The van der Waals surface area contributed by atoms with Crippen molar-refractivity contribution in [2.24, 2.45) is 0 Å². The summed E-state index contributed by atoms with van der Waals surface area (Å²) in [7, 11) is 1.51. The number of hydrogen-bond acceptors (Lipinski definition) is 10. The lowest BCUT2D eigenvalue weighted by atomic mass is 10.3. The zero-order valence-electron chi connectivity index (χ0n) is 17.6. The van der Waals surface area contributed by atoms with E-state index in [2.05, 4.69) is 10.1 Å². The summed E-state index contributed by atoms with van der Waals surface area (Å²) in [5.74, 6) is 0.863. The number of aromatic hydroxyl groups is 2. The zero-order chi connectivity index (χ0) is 24.8. The van der Waals surface area contributed by atoms with Gasteiger partial charge in [0.25, 0.3) is 6.47 Å². The number of nitrogens with one attached hydrogen (secondary N) is 1. The highest BCUT2D eigenvalue weighted by molar-refractivity contribution is 9.48. The number of phenolic OH excluding ortho intramolecular Hbond substituents is 2. The molecule has 0 spiro atoms. The minimum Gasteiger partial charge on any atom is -0.508 e. The van der Waals surface area contributed by atoms with E-state index in [-0.39, 0.29) is 23.7 Å². The van der Waals surface area contributed by atoms with Crippen LogP contribution in [0.5, 0.6) is 23.0 Å². The quantitative estimate of drug-likeness (QED) is 0.283. The molecule has 1 saturated heterocycles. The van der Waals surface area contributed by atoms with Crippen molar-refractivity contribution in [1.82, 2.24) is 5.32 Å². The molecule has 1 amide bonds. The number of benzene rings is 3. The van der Waals surface area contributed by atoms with E-state index in [0.717, 1.165) is 10.6 Å². The third-order valence-corrected chi connectivity index (χ3v) is 35.4. The lowest BCUT2D eigenvalue weighted by molar-refractivity contribution is -0.120. The fraction of sp³-hybridized carbons (Fsp3) is 0.0476. The van der Waals surface area contributed by atoms with Crippen molar-refractivity contribution in [3.63, 3.8) is 0 Å². The highest BCUT2D eigenvalue weighted by Crippen LogP contribution is 3.04. The second-order valence-corrected chi connectivity index (χ2v) is 27.8. The summed E-state index contributed by atoms with van der Waals surface area (Å²) in [5.41, 5.74) is 0. The van der Waals surface area contributed by atoms with Crippen LogP contribution in [-0.4, -0.2) is 29.8 Å². The third kappa shape index (κ3) is 6.56. The monoisotopic (exact) mass is 571 g/mol. The first-order valence-electron chi connectivity index (χ1n) is 9.50. The van der Waals surface area contributed by atoms with E-state index in [1.54, 1.807) is 58.4 Å². The summed E-state index contributed by atoms with van der Waals surface area (Å²) in [6.45, 7) is 0.273. The van der Waals surface area contributed by atoms with Crippen LogP contribution < -0.4 is 25.4 Å². The molecule has 1 aliphatic heterocycles. The highest BCUT2D eigenvalue weighted by atomic mass is 33.7. The van der Waals surface area contributed by atoms with Gasteiger partial charge in [0.05, 0.1) is 8.88 Å². The molecule has 1 fully saturated rings. The number of para-hydroxylation sites is 2. The first-order chi connectivity index (χ1) is 16.2. The van der Waals surface area contributed by atoms with E-state index in [9.17, 15) is 14.7 Å². The molecule has 1 aliphatic rings. The predicted octanol–water partition coefficient (Wildman–Crippen LogP) is 5.09. The van der Waals surface area contributed by atoms with Gasteiger partial charge in [0.15, 0.2) is 11.5 Å². The van der Waals surface area contributed by atoms with Crippen molar-refractivity contribution in [3.8, 4) is 23.0 Å². The van der Waals surface area contributed by atoms with Gasteiger partial charge in [-0.1, -0.05) is 57.7 Å². The molecule has 0 aromatic heterocycles. The SMILES string of the molecule is CNC(=O)Oc1ccc(P2(=S)SP(=S)(c3ccc(O)cc3)S2)cc1.O=COc1ccccc1O. The number of ether oxygens (including phenoxy) is 2. The summed E-state index contributed by atoms with van der Waals surface area (Å²) in [6, 6.07) is 20.7. The maximum atomic E-state index is 11.2. The Balaban J connectivity index is 0.000000271. The highest BCUT2D eigenvalue weighted by Gasteiger charge is 2.45. The standard InChI is InChI=1S/C14H13NO3P2S4.C7H6O3/c1-15-14(17)18-11-4-8-13(9-5-11)20(22)23-19(21,24-20)12-6-2-10(16)3-7-12;8-5-10-7-4-2-1-3-6(7)9/h2-9,16H,1H3,(H,15,17);1-5,9H. The molecule has 3 aromatic rings. The van der Waals surface area contributed by atoms with Gasteiger partial charge in [0.2, 0.25) is 0 Å². The minimum atomic E-state index is -1.81. The average molecular weight is 572 g/mol. The van der Waals surface area contributed by atoms with Crippen molar-refractivity contribution in [3.05, 3.63) is 72.8 Å². The van der Waals surface area contributed by atoms with Crippen molar-refractivity contribution in [2.45, 2.75) is 0 Å². The van der Waals surface area contributed by atoms with Crippen LogP contribution in [0.3, 0.4) is 0 Å². The van der Waals surface area contributed by atoms with Crippen molar-refractivity contribution in [1.29, 1.82) is 0 Å². The summed E-state index contributed by atoms with van der Waals surface area (Å²) in [6.07, 6.45) is -0.499. The fourth-order valence-electron chi connectivity index (χ4n) is 2.58. The van der Waals surface area contributed by atoms with E-state index in [1.807, 2.05) is 24.3 Å². The summed E-state index contributed by atoms with van der Waals surface area (Å²) >= 11 is 15.1. The van der Waals surface area contributed by atoms with Crippen LogP contribution in [0.2, 0.25) is 0 Å². The molecule has 7 nitrogen and oxygen atoms in total. The van der Waals surface area contributed by atoms with Gasteiger partial charge in [-0.3, -0.25) is 4.79 Å². The van der Waals surface area contributed by atoms with Crippen LogP contribution in [0.1, 0.15) is 0 Å². The van der Waals surface area contributed by atoms with Gasteiger partial charge in [0, 0.05) is 17.7 Å². The van der Waals surface area contributed by atoms with Crippen LogP contribution in [0.15, 0.2) is 72.8 Å². The van der Waals surface area contributed by atoms with Gasteiger partial charge in [-0.2, -0.15) is 0 Å². The Morgan fingerprint density at radius 3 is 1.94 bits per heavy atom. The molecule has 34 heavy (non-hydrogen) atoms. The van der Waals surface area contributed by atoms with Gasteiger partial charge in [0.1, 0.15) is 11.5 Å². The average Bonchev–Trinajstić information content (AvgIpc) is 2.81. The number of carbonyl (C=O) groups excluding carboxylic acids is 2. The maximum Gasteiger partial charge on any atom is 0.412 e. The molecule has 0 bridgehead atoms. The summed E-state index contributed by atoms with van der Waals surface area (Å²) in [4.78, 5) is 21.0. The normalized spacial score (nSPS) is 20.6. The molecular formula is C21H19NO6P2S4. The van der Waals surface area contributed by atoms with E-state index in [1.165, 1.54) is 19.2 Å². The molecule has 0 atom stereocenters. The molecular weight excluding hydrogens is 552 g/mol. The molecule has 3 aromatic carbocycles. The van der Waals surface area contributed by atoms with Gasteiger partial charge in [-0.05, 0) is 60.7 Å². The van der Waals surface area contributed by atoms with Crippen LogP contribution >= 0.6 is 30.9 Å². The summed E-state index contributed by atoms with van der Waals surface area (Å²) < 4.78 is 5.89. The molecule has 13 heteroatoms. The minimum absolute atomic E-state index is 0.0328. The number of hydrogen-bond donors (Lipinski definition) is 3. The van der Waals surface area contributed by atoms with Gasteiger partial charge >= 0.3 is 6.09 Å². The lowest BCUT2D eigenvalue weighted by Crippen LogP contribution is -2.22. The van der Waals surface area contributed by atoms with Crippen molar-refractivity contribution >= 4 is 77.7 Å². The van der Waals surface area contributed by atoms with Gasteiger partial charge < -0.3 is 25.0 Å². The van der Waals surface area contributed by atoms with Crippen LogP contribution in [-0.2, 0) is 28.4 Å². The second kappa shape index (κ2) is 11.6. The van der Waals surface area contributed by atoms with E-state index >= 15 is 0 Å². The molecule has 4 rings (SSSR count). The molecule has 0 radical (unpaired) electrons. The van der Waals surface area contributed by atoms with Gasteiger partial charge in [-0.25, -0.2) is 4.79 Å². The first kappa shape index (κ1) is 26.6. The molecule has 3 N–H and O–H groups in total. The third-order valence-electron chi connectivity index (χ3n) is 4.20. The molecule has 0 aliphatic carbocycles. The Labute approximate surface area is 214 Å². The summed E-state index contributed by atoms with van der Waals surface area (Å²) in [5, 5.41) is 22.9. The Morgan fingerprint density at radius 2 is 1.44 bits per heavy atom. The Morgan fingerprint density at radius 1 is 0.912 bits per heavy atom. The van der Waals surface area contributed by atoms with E-state index in [0.29, 0.717) is 5.75 Å². The van der Waals surface area contributed by atoms with Crippen LogP contribution in [0.4, 0.5) is 4.79 Å². The number of phenols is 2. The number of carbonyl (C=O) groups is 2. The molecule has 0 unspecified atom stereocenters. The van der Waals surface area contributed by atoms with E-state index in [4.69, 9.17) is 33.5 Å². The van der Waals surface area contributed by atoms with Crippen molar-refractivity contribution in [2.75, 3.05) is 7.05 Å². The smallest absolute Gasteiger partial charge is 0.412 e. The topological polar surface area (TPSA) is 105 Å².